The Bertz CT molecular complexity index is 324. The Balaban J connectivity index is 3.44. The highest BCUT2D eigenvalue weighted by Crippen LogP contribution is 2.34. The third kappa shape index (κ3) is 14.6. The number of ether oxygens (including phenoxy) is 2. The number of amides is 1. The number of rotatable bonds is 12. The van der Waals surface area contributed by atoms with Crippen LogP contribution in [0.2, 0.25) is 0 Å². The van der Waals surface area contributed by atoms with E-state index in [0.717, 1.165) is 6.54 Å². The van der Waals surface area contributed by atoms with E-state index in [1.807, 2.05) is 19.2 Å². The van der Waals surface area contributed by atoms with Crippen molar-refractivity contribution >= 4 is 27.7 Å². The van der Waals surface area contributed by atoms with E-state index in [9.17, 15) is 4.79 Å². The predicted molar refractivity (Wildman–Crippen MR) is 97.3 cm³/mol. The Morgan fingerprint density at radius 1 is 1.32 bits per heavy atom. The Morgan fingerprint density at radius 2 is 2.05 bits per heavy atom. The maximum atomic E-state index is 11.3. The first-order valence-electron chi connectivity index (χ1n) is 7.47. The van der Waals surface area contributed by atoms with Gasteiger partial charge in [-0.2, -0.15) is 0 Å². The van der Waals surface area contributed by atoms with Crippen molar-refractivity contribution in [3.63, 3.8) is 0 Å². The van der Waals surface area contributed by atoms with E-state index in [0.29, 0.717) is 25.0 Å². The predicted octanol–water partition coefficient (Wildman–Crippen LogP) is 3.28. The van der Waals surface area contributed by atoms with Gasteiger partial charge >= 0.3 is 6.09 Å². The molecule has 7 heteroatoms. The van der Waals surface area contributed by atoms with Gasteiger partial charge in [0.1, 0.15) is 12.5 Å². The average Bonchev–Trinajstić information content (AvgIpc) is 2.42. The molecule has 0 spiro atoms. The first-order chi connectivity index (χ1) is 10.4. The summed E-state index contributed by atoms with van der Waals surface area (Å²) in [5.74, 6) is 1.07. The zero-order valence-electron chi connectivity index (χ0n) is 14.3. The van der Waals surface area contributed by atoms with E-state index in [2.05, 4.69) is 38.3 Å². The summed E-state index contributed by atoms with van der Waals surface area (Å²) in [5, 5.41) is 5.82. The fourth-order valence-electron chi connectivity index (χ4n) is 1.46. The van der Waals surface area contributed by atoms with Crippen LogP contribution < -0.4 is 10.6 Å². The topological polar surface area (TPSA) is 59.6 Å². The molecule has 2 N–H and O–H groups in total. The number of hydrogen-bond acceptors (Lipinski definition) is 6. The SMILES string of the molecule is CNCC(C)(C)SSCOCCOC(=O)NC/C=C/C(C)C. The van der Waals surface area contributed by atoms with Crippen molar-refractivity contribution in [1.82, 2.24) is 10.6 Å². The first kappa shape index (κ1) is 21.6. The van der Waals surface area contributed by atoms with Crippen LogP contribution >= 0.6 is 21.6 Å². The highest BCUT2D eigenvalue weighted by atomic mass is 33.1. The normalized spacial score (nSPS) is 12.1. The molecule has 0 atom stereocenters. The molecule has 1 amide bonds. The van der Waals surface area contributed by atoms with Crippen LogP contribution in [0.3, 0.4) is 0 Å². The maximum Gasteiger partial charge on any atom is 0.407 e. The van der Waals surface area contributed by atoms with Gasteiger partial charge in [0, 0.05) is 17.8 Å². The monoisotopic (exact) mass is 350 g/mol. The molecule has 0 saturated carbocycles. The number of hydrogen-bond donors (Lipinski definition) is 2. The van der Waals surface area contributed by atoms with Gasteiger partial charge in [-0.3, -0.25) is 0 Å². The fourth-order valence-corrected chi connectivity index (χ4v) is 3.70. The second kappa shape index (κ2) is 13.1. The smallest absolute Gasteiger partial charge is 0.407 e. The standard InChI is InChI=1S/C15H30N2O3S2/c1-13(2)7-6-8-17-14(18)20-10-9-19-12-21-22-15(3,4)11-16-5/h6-7,13,16H,8-12H2,1-5H3,(H,17,18)/b7-6+. The van der Waals surface area contributed by atoms with Gasteiger partial charge in [-0.1, -0.05) is 47.6 Å². The van der Waals surface area contributed by atoms with Crippen molar-refractivity contribution in [2.45, 2.75) is 32.4 Å². The lowest BCUT2D eigenvalue weighted by Crippen LogP contribution is -2.29. The van der Waals surface area contributed by atoms with E-state index >= 15 is 0 Å². The number of carbonyl (C=O) groups excluding carboxylic acids is 1. The lowest BCUT2D eigenvalue weighted by atomic mass is 10.2. The van der Waals surface area contributed by atoms with E-state index in [4.69, 9.17) is 9.47 Å². The third-order valence-corrected chi connectivity index (χ3v) is 5.34. The van der Waals surface area contributed by atoms with Crippen molar-refractivity contribution in [3.8, 4) is 0 Å². The fraction of sp³-hybridized carbons (Fsp3) is 0.800. The minimum atomic E-state index is -0.408. The van der Waals surface area contributed by atoms with Gasteiger partial charge in [-0.15, -0.1) is 0 Å². The van der Waals surface area contributed by atoms with Crippen molar-refractivity contribution < 1.29 is 14.3 Å². The van der Waals surface area contributed by atoms with Crippen molar-refractivity contribution in [1.29, 1.82) is 0 Å². The molecule has 0 bridgehead atoms. The molecular weight excluding hydrogens is 320 g/mol. The number of allylic oxidation sites excluding steroid dienone is 1. The summed E-state index contributed by atoms with van der Waals surface area (Å²) in [6, 6.07) is 0. The molecule has 0 unspecified atom stereocenters. The van der Waals surface area contributed by atoms with Gasteiger partial charge in [0.05, 0.1) is 6.61 Å². The molecule has 0 aliphatic rings. The Hall–Kier alpha value is -0.370. The molecule has 0 aromatic heterocycles. The summed E-state index contributed by atoms with van der Waals surface area (Å²) in [6.45, 7) is 10.7. The summed E-state index contributed by atoms with van der Waals surface area (Å²) < 4.78 is 10.6. The van der Waals surface area contributed by atoms with Gasteiger partial charge in [0.25, 0.3) is 0 Å². The molecule has 0 aromatic carbocycles. The van der Waals surface area contributed by atoms with Crippen molar-refractivity contribution in [2.75, 3.05) is 39.3 Å². The summed E-state index contributed by atoms with van der Waals surface area (Å²) in [4.78, 5) is 11.3. The van der Waals surface area contributed by atoms with Crippen LogP contribution in [-0.2, 0) is 9.47 Å². The maximum absolute atomic E-state index is 11.3. The minimum Gasteiger partial charge on any atom is -0.447 e. The average molecular weight is 351 g/mol. The zero-order valence-corrected chi connectivity index (χ0v) is 15.9. The second-order valence-corrected chi connectivity index (χ2v) is 8.66. The lowest BCUT2D eigenvalue weighted by molar-refractivity contribution is 0.0940. The lowest BCUT2D eigenvalue weighted by Gasteiger charge is -2.22. The van der Waals surface area contributed by atoms with Gasteiger partial charge in [0.15, 0.2) is 0 Å². The molecule has 22 heavy (non-hydrogen) atoms. The molecule has 0 heterocycles. The molecule has 0 rings (SSSR count). The Morgan fingerprint density at radius 3 is 2.68 bits per heavy atom. The molecule has 0 radical (unpaired) electrons. The second-order valence-electron chi connectivity index (χ2n) is 5.71. The van der Waals surface area contributed by atoms with Crippen LogP contribution in [0.15, 0.2) is 12.2 Å². The van der Waals surface area contributed by atoms with Crippen LogP contribution in [0.5, 0.6) is 0 Å². The third-order valence-electron chi connectivity index (χ3n) is 2.36. The van der Waals surface area contributed by atoms with Crippen molar-refractivity contribution in [2.24, 2.45) is 5.92 Å². The van der Waals surface area contributed by atoms with E-state index in [1.54, 1.807) is 21.6 Å². The molecule has 130 valence electrons. The highest BCUT2D eigenvalue weighted by Gasteiger charge is 2.17. The molecule has 0 saturated heterocycles. The summed E-state index contributed by atoms with van der Waals surface area (Å²) in [7, 11) is 5.40. The van der Waals surface area contributed by atoms with Crippen LogP contribution in [0.4, 0.5) is 4.79 Å². The number of alkyl carbamates (subject to hydrolysis) is 1. The van der Waals surface area contributed by atoms with Crippen LogP contribution in [0.25, 0.3) is 0 Å². The minimum absolute atomic E-state index is 0.169. The highest BCUT2D eigenvalue weighted by molar-refractivity contribution is 8.77. The zero-order chi connectivity index (χ0) is 16.8. The number of nitrogens with one attached hydrogen (secondary N) is 2. The first-order valence-corrected chi connectivity index (χ1v) is 9.79. The summed E-state index contributed by atoms with van der Waals surface area (Å²) in [5.41, 5.74) is 0. The Kier molecular flexibility index (Phi) is 12.9. The largest absolute Gasteiger partial charge is 0.447 e. The molecule has 0 aliphatic heterocycles. The molecule has 0 fully saturated rings. The summed E-state index contributed by atoms with van der Waals surface area (Å²) in [6.07, 6.45) is 3.55. The molecule has 5 nitrogen and oxygen atoms in total. The van der Waals surface area contributed by atoms with Crippen LogP contribution in [-0.4, -0.2) is 50.1 Å². The van der Waals surface area contributed by atoms with Crippen LogP contribution in [0.1, 0.15) is 27.7 Å². The van der Waals surface area contributed by atoms with E-state index in [-0.39, 0.29) is 11.4 Å². The summed E-state index contributed by atoms with van der Waals surface area (Å²) >= 11 is 0. The Labute approximate surface area is 142 Å². The quantitative estimate of drug-likeness (QED) is 0.244. The van der Waals surface area contributed by atoms with Gasteiger partial charge in [-0.25, -0.2) is 4.79 Å². The van der Waals surface area contributed by atoms with Gasteiger partial charge < -0.3 is 20.1 Å². The molecular formula is C15H30N2O3S2. The van der Waals surface area contributed by atoms with E-state index < -0.39 is 6.09 Å². The van der Waals surface area contributed by atoms with E-state index in [1.165, 1.54) is 0 Å². The van der Waals surface area contributed by atoms with Crippen molar-refractivity contribution in [3.05, 3.63) is 12.2 Å². The van der Waals surface area contributed by atoms with Gasteiger partial charge in [-0.05, 0) is 26.8 Å². The van der Waals surface area contributed by atoms with Crippen LogP contribution in [0, 0.1) is 5.92 Å². The van der Waals surface area contributed by atoms with Gasteiger partial charge in [0.2, 0.25) is 0 Å². The molecule has 0 aromatic rings. The molecule has 0 aliphatic carbocycles. The number of carbonyl (C=O) groups is 1.